The van der Waals surface area contributed by atoms with Crippen molar-refractivity contribution in [3.8, 4) is 0 Å². The molecule has 0 fully saturated rings. The topological polar surface area (TPSA) is 151 Å². The molecule has 2 atom stereocenters. The lowest BCUT2D eigenvalue weighted by atomic mass is 10.2. The van der Waals surface area contributed by atoms with Gasteiger partial charge in [-0.25, -0.2) is 34.9 Å². The van der Waals surface area contributed by atoms with Crippen molar-refractivity contribution in [2.75, 3.05) is 53.7 Å². The Bertz CT molecular complexity index is 1930. The molecule has 0 aliphatic rings. The van der Waals surface area contributed by atoms with Gasteiger partial charge >= 0.3 is 0 Å². The molecule has 4 heterocycles. The van der Waals surface area contributed by atoms with E-state index < -0.39 is 0 Å². The van der Waals surface area contributed by atoms with Crippen molar-refractivity contribution in [1.82, 2.24) is 39.9 Å². The fraction of sp³-hybridized carbons (Fsp3) is 0.294. The van der Waals surface area contributed by atoms with Gasteiger partial charge in [-0.15, -0.1) is 23.5 Å². The largest absolute Gasteiger partial charge is 0.368 e. The van der Waals surface area contributed by atoms with Gasteiger partial charge in [-0.2, -0.15) is 0 Å². The summed E-state index contributed by atoms with van der Waals surface area (Å²) in [5.41, 5.74) is 3.86. The second-order valence-electron chi connectivity index (χ2n) is 11.5. The lowest BCUT2D eigenvalue weighted by molar-refractivity contribution is 0.643. The highest BCUT2D eigenvalue weighted by atomic mass is 32.2. The zero-order chi connectivity index (χ0) is 33.1. The zero-order valence-electron chi connectivity index (χ0n) is 27.1. The fourth-order valence-corrected chi connectivity index (χ4v) is 5.77. The highest BCUT2D eigenvalue weighted by molar-refractivity contribution is 7.98. The van der Waals surface area contributed by atoms with E-state index in [1.54, 1.807) is 29.7 Å². The monoisotopic (exact) mass is 678 g/mol. The number of nitrogens with one attached hydrogen (secondary N) is 4. The van der Waals surface area contributed by atoms with Gasteiger partial charge in [0.15, 0.2) is 0 Å². The Morgan fingerprint density at radius 1 is 0.583 bits per heavy atom. The first-order chi connectivity index (χ1) is 23.5. The van der Waals surface area contributed by atoms with Crippen molar-refractivity contribution in [3.63, 3.8) is 0 Å². The van der Waals surface area contributed by atoms with Crippen LogP contribution >= 0.6 is 23.5 Å². The molecular weight excluding hydrogens is 641 g/mol. The lowest BCUT2D eigenvalue weighted by Gasteiger charge is -2.14. The Morgan fingerprint density at radius 2 is 1.19 bits per heavy atom. The summed E-state index contributed by atoms with van der Waals surface area (Å²) >= 11 is 3.32. The average molecular weight is 679 g/mol. The first-order valence-corrected chi connectivity index (χ1v) is 18.0. The fourth-order valence-electron chi connectivity index (χ4n) is 4.68. The van der Waals surface area contributed by atoms with Gasteiger partial charge in [0.2, 0.25) is 17.8 Å². The quantitative estimate of drug-likeness (QED) is 0.0826. The predicted molar refractivity (Wildman–Crippen MR) is 197 cm³/mol. The third kappa shape index (κ3) is 9.38. The summed E-state index contributed by atoms with van der Waals surface area (Å²) in [5, 5.41) is 14.4. The van der Waals surface area contributed by atoms with Crippen LogP contribution in [-0.4, -0.2) is 72.3 Å². The number of rotatable bonds is 16. The molecule has 0 radical (unpaired) electrons. The van der Waals surface area contributed by atoms with Gasteiger partial charge in [-0.1, -0.05) is 32.0 Å². The van der Waals surface area contributed by atoms with Gasteiger partial charge in [0.05, 0.1) is 22.7 Å². The second kappa shape index (κ2) is 16.3. The van der Waals surface area contributed by atoms with Crippen molar-refractivity contribution in [2.24, 2.45) is 11.8 Å². The Morgan fingerprint density at radius 3 is 1.88 bits per heavy atom. The molecule has 0 saturated heterocycles. The third-order valence-electron chi connectivity index (χ3n) is 7.45. The van der Waals surface area contributed by atoms with E-state index in [1.807, 2.05) is 67.6 Å². The molecule has 0 spiro atoms. The predicted octanol–water partition coefficient (Wildman–Crippen LogP) is 6.49. The van der Waals surface area contributed by atoms with E-state index in [1.165, 1.54) is 5.56 Å². The van der Waals surface area contributed by atoms with E-state index >= 15 is 0 Å². The average Bonchev–Trinajstić information content (AvgIpc) is 3.14. The van der Waals surface area contributed by atoms with Gasteiger partial charge in [0, 0.05) is 78.1 Å². The van der Waals surface area contributed by atoms with E-state index in [9.17, 15) is 0 Å². The number of para-hydroxylation sites is 2. The number of hydrogen-bond donors (Lipinski definition) is 4. The molecule has 2 aromatic carbocycles. The summed E-state index contributed by atoms with van der Waals surface area (Å²) in [4.78, 5) is 38.1. The summed E-state index contributed by atoms with van der Waals surface area (Å²) in [6.45, 7) is 7.27. The van der Waals surface area contributed by atoms with Crippen LogP contribution in [0.3, 0.4) is 0 Å². The third-order valence-corrected chi connectivity index (χ3v) is 9.15. The molecule has 4 N–H and O–H groups in total. The Balaban J connectivity index is 0.914. The maximum atomic E-state index is 4.71. The van der Waals surface area contributed by atoms with E-state index in [2.05, 4.69) is 82.1 Å². The number of fused-ring (bicyclic) bond motifs is 2. The molecule has 246 valence electrons. The molecule has 48 heavy (non-hydrogen) atoms. The Hall–Kier alpha value is -4.82. The molecule has 6 rings (SSSR count). The molecule has 0 amide bonds. The smallest absolute Gasteiger partial charge is 0.223 e. The van der Waals surface area contributed by atoms with Gasteiger partial charge in [0.25, 0.3) is 0 Å². The van der Waals surface area contributed by atoms with Crippen LogP contribution in [-0.2, 0) is 5.75 Å². The van der Waals surface area contributed by atoms with Crippen LogP contribution in [0.5, 0.6) is 0 Å². The zero-order valence-corrected chi connectivity index (χ0v) is 28.7. The van der Waals surface area contributed by atoms with Crippen LogP contribution in [0.15, 0.2) is 89.4 Å². The summed E-state index contributed by atoms with van der Waals surface area (Å²) in [5.74, 6) is 4.09. The van der Waals surface area contributed by atoms with Crippen molar-refractivity contribution in [2.45, 2.75) is 29.4 Å². The number of aromatic nitrogens is 8. The van der Waals surface area contributed by atoms with Gasteiger partial charge in [-0.05, 0) is 47.9 Å². The first kappa shape index (κ1) is 33.1. The molecular formula is C34H38N12S2. The number of thioether (sulfide) groups is 2. The van der Waals surface area contributed by atoms with Crippen LogP contribution in [0.25, 0.3) is 21.9 Å². The molecule has 14 heteroatoms. The van der Waals surface area contributed by atoms with Gasteiger partial charge in [-0.3, -0.25) is 4.98 Å². The van der Waals surface area contributed by atoms with Crippen LogP contribution in [0.2, 0.25) is 0 Å². The van der Waals surface area contributed by atoms with Crippen LogP contribution in [0, 0.1) is 11.8 Å². The molecule has 2 unspecified atom stereocenters. The maximum absolute atomic E-state index is 4.71. The van der Waals surface area contributed by atoms with Gasteiger partial charge < -0.3 is 21.3 Å². The minimum absolute atomic E-state index is 0.324. The number of benzene rings is 2. The summed E-state index contributed by atoms with van der Waals surface area (Å²) in [6.07, 6.45) is 13.0. The SMILES string of the molecule is CSc1cnc(NCC(C)CNc2ncc3cc(CSc4cnc(NCC(C)CNc5cnc6ccccc6n5)nc4)ccc3n2)nc1. The van der Waals surface area contributed by atoms with Crippen LogP contribution in [0.1, 0.15) is 19.4 Å². The molecule has 0 bridgehead atoms. The molecule has 0 aliphatic carbocycles. The minimum Gasteiger partial charge on any atom is -0.368 e. The normalized spacial score (nSPS) is 12.5. The van der Waals surface area contributed by atoms with Crippen molar-refractivity contribution < 1.29 is 0 Å². The van der Waals surface area contributed by atoms with E-state index in [4.69, 9.17) is 4.98 Å². The van der Waals surface area contributed by atoms with E-state index in [0.717, 1.165) is 69.5 Å². The summed E-state index contributed by atoms with van der Waals surface area (Å²) in [7, 11) is 0. The first-order valence-electron chi connectivity index (χ1n) is 15.7. The Labute approximate surface area is 288 Å². The van der Waals surface area contributed by atoms with Crippen molar-refractivity contribution in [3.05, 3.63) is 85.2 Å². The highest BCUT2D eigenvalue weighted by Gasteiger charge is 2.08. The maximum Gasteiger partial charge on any atom is 0.223 e. The van der Waals surface area contributed by atoms with Crippen molar-refractivity contribution in [1.29, 1.82) is 0 Å². The highest BCUT2D eigenvalue weighted by Crippen LogP contribution is 2.24. The Kier molecular flexibility index (Phi) is 11.3. The summed E-state index contributed by atoms with van der Waals surface area (Å²) in [6, 6.07) is 14.1. The molecule has 4 aromatic heterocycles. The van der Waals surface area contributed by atoms with Gasteiger partial charge in [0.1, 0.15) is 5.82 Å². The summed E-state index contributed by atoms with van der Waals surface area (Å²) < 4.78 is 0. The molecule has 0 saturated carbocycles. The van der Waals surface area contributed by atoms with Crippen LogP contribution < -0.4 is 21.3 Å². The van der Waals surface area contributed by atoms with Crippen LogP contribution in [0.4, 0.5) is 23.7 Å². The number of nitrogens with zero attached hydrogens (tertiary/aromatic N) is 8. The minimum atomic E-state index is 0.324. The van der Waals surface area contributed by atoms with E-state index in [-0.39, 0.29) is 0 Å². The molecule has 0 aliphatic heterocycles. The lowest BCUT2D eigenvalue weighted by Crippen LogP contribution is -2.21. The molecule has 12 nitrogen and oxygen atoms in total. The van der Waals surface area contributed by atoms with Crippen molar-refractivity contribution >= 4 is 69.1 Å². The molecule has 6 aromatic rings. The number of anilines is 4. The standard InChI is InChI=1S/C34H38N12S2/c1-22(11-36-31-20-35-29-6-4-5-7-30(29)45-31)12-37-33-43-18-27(19-44-33)48-21-24-8-9-28-25(10-24)15-40-34(46-28)39-14-23(2)13-38-32-41-16-26(47-3)17-42-32/h4-10,15-20,22-23H,11-14,21H2,1-3H3,(H,36,45)(H,37,43,44)(H,38,41,42)(H,39,40,46). The number of hydrogen-bond acceptors (Lipinski definition) is 14. The van der Waals surface area contributed by atoms with E-state index in [0.29, 0.717) is 29.7 Å². The second-order valence-corrected chi connectivity index (χ2v) is 13.5.